The number of rotatable bonds is 4. The van der Waals surface area contributed by atoms with Crippen LogP contribution in [-0.4, -0.2) is 4.57 Å². The van der Waals surface area contributed by atoms with Crippen LogP contribution in [0.15, 0.2) is 6.07 Å². The molecule has 1 rings (SSSR count). The molecule has 1 atom stereocenters. The standard InChI is InChI=1S/C12H19N3/c1-4-6-12-11(14)7-10(8-13)15(12)9(3)5-2/h7,9H,4-6,14H2,1-3H3/t9-/m0/s1. The van der Waals surface area contributed by atoms with Crippen LogP contribution in [0.3, 0.4) is 0 Å². The van der Waals surface area contributed by atoms with E-state index < -0.39 is 0 Å². The molecule has 0 aliphatic rings. The molecule has 3 heteroatoms. The van der Waals surface area contributed by atoms with E-state index in [4.69, 9.17) is 11.0 Å². The number of nitriles is 1. The number of nitrogens with two attached hydrogens (primary N) is 1. The Balaban J connectivity index is 3.24. The molecule has 0 unspecified atom stereocenters. The van der Waals surface area contributed by atoms with Crippen molar-refractivity contribution in [1.82, 2.24) is 4.57 Å². The molecule has 0 aliphatic heterocycles. The third-order valence-electron chi connectivity index (χ3n) is 2.81. The minimum Gasteiger partial charge on any atom is -0.397 e. The van der Waals surface area contributed by atoms with Gasteiger partial charge in [0, 0.05) is 11.7 Å². The van der Waals surface area contributed by atoms with Crippen molar-refractivity contribution >= 4 is 5.69 Å². The zero-order valence-electron chi connectivity index (χ0n) is 9.75. The lowest BCUT2D eigenvalue weighted by atomic mass is 10.2. The molecule has 0 aliphatic carbocycles. The van der Waals surface area contributed by atoms with Gasteiger partial charge < -0.3 is 10.3 Å². The molecule has 1 heterocycles. The second kappa shape index (κ2) is 4.88. The minimum absolute atomic E-state index is 0.346. The highest BCUT2D eigenvalue weighted by Gasteiger charge is 2.15. The maximum atomic E-state index is 9.04. The van der Waals surface area contributed by atoms with Crippen LogP contribution in [-0.2, 0) is 6.42 Å². The molecule has 0 fully saturated rings. The van der Waals surface area contributed by atoms with Crippen molar-refractivity contribution in [3.05, 3.63) is 17.5 Å². The first-order valence-corrected chi connectivity index (χ1v) is 5.55. The summed E-state index contributed by atoms with van der Waals surface area (Å²) in [6.45, 7) is 6.37. The quantitative estimate of drug-likeness (QED) is 0.821. The van der Waals surface area contributed by atoms with Crippen molar-refractivity contribution in [3.63, 3.8) is 0 Å². The van der Waals surface area contributed by atoms with Crippen molar-refractivity contribution < 1.29 is 0 Å². The summed E-state index contributed by atoms with van der Waals surface area (Å²) in [5.41, 5.74) is 8.48. The molecule has 0 saturated heterocycles. The van der Waals surface area contributed by atoms with Crippen molar-refractivity contribution in [2.75, 3.05) is 5.73 Å². The van der Waals surface area contributed by atoms with Crippen LogP contribution in [0, 0.1) is 11.3 Å². The van der Waals surface area contributed by atoms with Crippen LogP contribution in [0.25, 0.3) is 0 Å². The van der Waals surface area contributed by atoms with Gasteiger partial charge in [-0.15, -0.1) is 0 Å². The molecule has 2 N–H and O–H groups in total. The van der Waals surface area contributed by atoms with E-state index >= 15 is 0 Å². The van der Waals surface area contributed by atoms with E-state index in [-0.39, 0.29) is 0 Å². The Morgan fingerprint density at radius 3 is 2.67 bits per heavy atom. The summed E-state index contributed by atoms with van der Waals surface area (Å²) in [7, 11) is 0. The Hall–Kier alpha value is -1.43. The Labute approximate surface area is 91.5 Å². The van der Waals surface area contributed by atoms with Gasteiger partial charge in [0.1, 0.15) is 11.8 Å². The molecule has 0 bridgehead atoms. The molecule has 82 valence electrons. The molecule has 0 aromatic carbocycles. The van der Waals surface area contributed by atoms with E-state index in [2.05, 4.69) is 31.4 Å². The van der Waals surface area contributed by atoms with Gasteiger partial charge in [-0.2, -0.15) is 5.26 Å². The maximum absolute atomic E-state index is 9.04. The van der Waals surface area contributed by atoms with Gasteiger partial charge in [0.15, 0.2) is 0 Å². The monoisotopic (exact) mass is 205 g/mol. The van der Waals surface area contributed by atoms with E-state index in [1.165, 1.54) is 0 Å². The molecule has 0 amide bonds. The lowest BCUT2D eigenvalue weighted by Crippen LogP contribution is -2.10. The summed E-state index contributed by atoms with van der Waals surface area (Å²) in [5, 5.41) is 9.04. The Kier molecular flexibility index (Phi) is 3.79. The fraction of sp³-hybridized carbons (Fsp3) is 0.583. The summed E-state index contributed by atoms with van der Waals surface area (Å²) >= 11 is 0. The Bertz CT molecular complexity index is 371. The molecule has 15 heavy (non-hydrogen) atoms. The SMILES string of the molecule is CCCc1c(N)cc(C#N)n1[C@@H](C)CC. The van der Waals surface area contributed by atoms with E-state index in [1.54, 1.807) is 6.07 Å². The average Bonchev–Trinajstić information content (AvgIpc) is 2.55. The third-order valence-corrected chi connectivity index (χ3v) is 2.81. The van der Waals surface area contributed by atoms with Crippen LogP contribution in [0.5, 0.6) is 0 Å². The molecule has 0 radical (unpaired) electrons. The van der Waals surface area contributed by atoms with E-state index in [0.717, 1.165) is 30.6 Å². The van der Waals surface area contributed by atoms with Crippen molar-refractivity contribution in [2.45, 2.75) is 46.1 Å². The summed E-state index contributed by atoms with van der Waals surface area (Å²) in [6, 6.07) is 4.35. The van der Waals surface area contributed by atoms with Crippen LogP contribution in [0.2, 0.25) is 0 Å². The van der Waals surface area contributed by atoms with Crippen LogP contribution >= 0.6 is 0 Å². The highest BCUT2D eigenvalue weighted by Crippen LogP contribution is 2.25. The lowest BCUT2D eigenvalue weighted by Gasteiger charge is -2.17. The van der Waals surface area contributed by atoms with Gasteiger partial charge in [-0.1, -0.05) is 20.3 Å². The molecule has 1 aromatic heterocycles. The maximum Gasteiger partial charge on any atom is 0.122 e. The molecule has 1 aromatic rings. The van der Waals surface area contributed by atoms with Gasteiger partial charge in [-0.25, -0.2) is 0 Å². The summed E-state index contributed by atoms with van der Waals surface area (Å²) in [6.07, 6.45) is 3.01. The van der Waals surface area contributed by atoms with Gasteiger partial charge in [-0.3, -0.25) is 0 Å². The van der Waals surface area contributed by atoms with E-state index in [9.17, 15) is 0 Å². The molecule has 0 saturated carbocycles. The fourth-order valence-electron chi connectivity index (χ4n) is 1.86. The van der Waals surface area contributed by atoms with Crippen LogP contribution in [0.1, 0.15) is 51.0 Å². The number of aromatic nitrogens is 1. The first-order valence-electron chi connectivity index (χ1n) is 5.55. The average molecular weight is 205 g/mol. The van der Waals surface area contributed by atoms with Crippen molar-refractivity contribution in [2.24, 2.45) is 0 Å². The highest BCUT2D eigenvalue weighted by atomic mass is 15.0. The number of hydrogen-bond acceptors (Lipinski definition) is 2. The van der Waals surface area contributed by atoms with Gasteiger partial charge in [0.2, 0.25) is 0 Å². The smallest absolute Gasteiger partial charge is 0.122 e. The number of nitrogens with zero attached hydrogens (tertiary/aromatic N) is 2. The molecule has 0 spiro atoms. The van der Waals surface area contributed by atoms with Gasteiger partial charge in [0.05, 0.1) is 5.69 Å². The Morgan fingerprint density at radius 2 is 2.20 bits per heavy atom. The fourth-order valence-corrected chi connectivity index (χ4v) is 1.86. The second-order valence-corrected chi connectivity index (χ2v) is 3.92. The Morgan fingerprint density at radius 1 is 1.53 bits per heavy atom. The number of anilines is 1. The first kappa shape index (κ1) is 11.6. The van der Waals surface area contributed by atoms with Gasteiger partial charge in [-0.05, 0) is 25.8 Å². The summed E-state index contributed by atoms with van der Waals surface area (Å²) in [4.78, 5) is 0. The molecule has 3 nitrogen and oxygen atoms in total. The first-order chi connectivity index (χ1) is 7.15. The van der Waals surface area contributed by atoms with Crippen LogP contribution < -0.4 is 5.73 Å². The second-order valence-electron chi connectivity index (χ2n) is 3.92. The topological polar surface area (TPSA) is 54.7 Å². The predicted molar refractivity (Wildman–Crippen MR) is 62.6 cm³/mol. The van der Waals surface area contributed by atoms with Crippen molar-refractivity contribution in [3.8, 4) is 6.07 Å². The molecular formula is C12H19N3. The zero-order chi connectivity index (χ0) is 11.4. The predicted octanol–water partition coefficient (Wildman–Crippen LogP) is 2.87. The lowest BCUT2D eigenvalue weighted by molar-refractivity contribution is 0.508. The summed E-state index contributed by atoms with van der Waals surface area (Å²) in [5.74, 6) is 0. The normalized spacial score (nSPS) is 12.4. The van der Waals surface area contributed by atoms with E-state index in [1.807, 2.05) is 0 Å². The number of hydrogen-bond donors (Lipinski definition) is 1. The summed E-state index contributed by atoms with van der Waals surface area (Å²) < 4.78 is 2.08. The van der Waals surface area contributed by atoms with Crippen LogP contribution in [0.4, 0.5) is 5.69 Å². The number of nitrogen functional groups attached to an aromatic ring is 1. The zero-order valence-corrected chi connectivity index (χ0v) is 9.75. The minimum atomic E-state index is 0.346. The van der Waals surface area contributed by atoms with Gasteiger partial charge >= 0.3 is 0 Å². The van der Waals surface area contributed by atoms with E-state index in [0.29, 0.717) is 11.7 Å². The largest absolute Gasteiger partial charge is 0.397 e. The third kappa shape index (κ3) is 2.15. The van der Waals surface area contributed by atoms with Crippen molar-refractivity contribution in [1.29, 1.82) is 5.26 Å². The highest BCUT2D eigenvalue weighted by molar-refractivity contribution is 5.51. The molecular weight excluding hydrogens is 186 g/mol. The van der Waals surface area contributed by atoms with Gasteiger partial charge in [0.25, 0.3) is 0 Å².